The molecule has 106 valence electrons. The largest absolute Gasteiger partial charge is 0.464 e. The van der Waals surface area contributed by atoms with Crippen molar-refractivity contribution in [2.75, 3.05) is 7.11 Å². The molecule has 0 N–H and O–H groups in total. The van der Waals surface area contributed by atoms with Crippen molar-refractivity contribution in [3.05, 3.63) is 47.0 Å². The summed E-state index contributed by atoms with van der Waals surface area (Å²) in [5, 5.41) is 4.28. The maximum Gasteiger partial charge on any atom is 0.358 e. The number of rotatable bonds is 3. The van der Waals surface area contributed by atoms with Gasteiger partial charge in [-0.05, 0) is 42.7 Å². The minimum absolute atomic E-state index is 0.172. The lowest BCUT2D eigenvalue weighted by molar-refractivity contribution is 0.0593. The summed E-state index contributed by atoms with van der Waals surface area (Å²) < 4.78 is 19.6. The highest BCUT2D eigenvalue weighted by Crippen LogP contribution is 2.23. The van der Waals surface area contributed by atoms with Gasteiger partial charge in [0.25, 0.3) is 0 Å². The molecule has 2 rings (SSSR count). The van der Waals surface area contributed by atoms with Gasteiger partial charge in [-0.3, -0.25) is 0 Å². The van der Waals surface area contributed by atoms with Crippen LogP contribution in [0.3, 0.4) is 0 Å². The van der Waals surface area contributed by atoms with E-state index in [1.165, 1.54) is 19.2 Å². The summed E-state index contributed by atoms with van der Waals surface area (Å²) in [4.78, 5) is 11.6. The molecular weight excluding hydrogens is 259 g/mol. The minimum Gasteiger partial charge on any atom is -0.464 e. The van der Waals surface area contributed by atoms with E-state index in [4.69, 9.17) is 4.74 Å². The molecule has 0 saturated carbocycles. The number of ether oxygens (including phenoxy) is 1. The molecule has 20 heavy (non-hydrogen) atoms. The van der Waals surface area contributed by atoms with Crippen molar-refractivity contribution >= 4 is 5.97 Å². The second-order valence-electron chi connectivity index (χ2n) is 4.94. The molecule has 1 aromatic heterocycles. The van der Waals surface area contributed by atoms with Crippen molar-refractivity contribution in [2.24, 2.45) is 0 Å². The standard InChI is InChI=1S/C15H17FN2O2/c1-9(2)14-8-12(15(19)20-4)17-18(14)13-6-5-11(16)7-10(13)3/h5-9H,1-4H3. The number of halogens is 1. The molecule has 5 heteroatoms. The average Bonchev–Trinajstić information content (AvgIpc) is 2.82. The molecule has 0 aliphatic rings. The lowest BCUT2D eigenvalue weighted by Gasteiger charge is -2.12. The van der Waals surface area contributed by atoms with Crippen LogP contribution in [0.2, 0.25) is 0 Å². The maximum atomic E-state index is 13.2. The summed E-state index contributed by atoms with van der Waals surface area (Å²) in [6.07, 6.45) is 0. The molecular formula is C15H17FN2O2. The van der Waals surface area contributed by atoms with Crippen LogP contribution >= 0.6 is 0 Å². The Balaban J connectivity index is 2.60. The molecule has 0 atom stereocenters. The zero-order valence-electron chi connectivity index (χ0n) is 12.0. The molecule has 2 aromatic rings. The van der Waals surface area contributed by atoms with Gasteiger partial charge in [0.2, 0.25) is 0 Å². The zero-order valence-corrected chi connectivity index (χ0v) is 12.0. The van der Waals surface area contributed by atoms with Gasteiger partial charge in [-0.25, -0.2) is 13.9 Å². The normalized spacial score (nSPS) is 10.9. The van der Waals surface area contributed by atoms with Gasteiger partial charge in [0, 0.05) is 5.69 Å². The lowest BCUT2D eigenvalue weighted by atomic mass is 10.1. The first-order valence-corrected chi connectivity index (χ1v) is 6.39. The Morgan fingerprint density at radius 1 is 1.35 bits per heavy atom. The Hall–Kier alpha value is -2.17. The number of hydrogen-bond donors (Lipinski definition) is 0. The molecule has 0 radical (unpaired) electrons. The number of methoxy groups -OCH3 is 1. The highest BCUT2D eigenvalue weighted by atomic mass is 19.1. The van der Waals surface area contributed by atoms with Gasteiger partial charge in [0.1, 0.15) is 5.82 Å². The minimum atomic E-state index is -0.481. The third kappa shape index (κ3) is 2.57. The van der Waals surface area contributed by atoms with Crippen LogP contribution in [0.25, 0.3) is 5.69 Å². The quantitative estimate of drug-likeness (QED) is 0.808. The second-order valence-corrected chi connectivity index (χ2v) is 4.94. The Morgan fingerprint density at radius 3 is 2.60 bits per heavy atom. The average molecular weight is 276 g/mol. The van der Waals surface area contributed by atoms with E-state index >= 15 is 0 Å². The predicted molar refractivity (Wildman–Crippen MR) is 73.7 cm³/mol. The first-order chi connectivity index (χ1) is 9.43. The Labute approximate surface area is 117 Å². The number of carbonyl (C=O) groups is 1. The van der Waals surface area contributed by atoms with Gasteiger partial charge in [0.15, 0.2) is 5.69 Å². The smallest absolute Gasteiger partial charge is 0.358 e. The molecule has 0 amide bonds. The van der Waals surface area contributed by atoms with Gasteiger partial charge in [-0.2, -0.15) is 5.10 Å². The third-order valence-electron chi connectivity index (χ3n) is 3.11. The van der Waals surface area contributed by atoms with Crippen molar-refractivity contribution in [2.45, 2.75) is 26.7 Å². The summed E-state index contributed by atoms with van der Waals surface area (Å²) in [6.45, 7) is 5.82. The number of carbonyl (C=O) groups excluding carboxylic acids is 1. The van der Waals surface area contributed by atoms with Crippen molar-refractivity contribution in [3.63, 3.8) is 0 Å². The first-order valence-electron chi connectivity index (χ1n) is 6.39. The van der Waals surface area contributed by atoms with Crippen molar-refractivity contribution in [1.82, 2.24) is 9.78 Å². The maximum absolute atomic E-state index is 13.2. The van der Waals surface area contributed by atoms with Gasteiger partial charge in [-0.15, -0.1) is 0 Å². The number of aromatic nitrogens is 2. The van der Waals surface area contributed by atoms with Crippen LogP contribution in [-0.4, -0.2) is 22.9 Å². The SMILES string of the molecule is COC(=O)c1cc(C(C)C)n(-c2ccc(F)cc2C)n1. The summed E-state index contributed by atoms with van der Waals surface area (Å²) in [5.74, 6) is -0.603. The van der Waals surface area contributed by atoms with Gasteiger partial charge in [0.05, 0.1) is 12.8 Å². The summed E-state index contributed by atoms with van der Waals surface area (Å²) in [7, 11) is 1.32. The van der Waals surface area contributed by atoms with E-state index in [1.807, 2.05) is 20.8 Å². The van der Waals surface area contributed by atoms with E-state index in [2.05, 4.69) is 5.10 Å². The number of esters is 1. The molecule has 0 unspecified atom stereocenters. The van der Waals surface area contributed by atoms with Gasteiger partial charge >= 0.3 is 5.97 Å². The van der Waals surface area contributed by atoms with E-state index in [0.717, 1.165) is 16.9 Å². The molecule has 1 heterocycles. The van der Waals surface area contributed by atoms with Crippen molar-refractivity contribution in [1.29, 1.82) is 0 Å². The fraction of sp³-hybridized carbons (Fsp3) is 0.333. The monoisotopic (exact) mass is 276 g/mol. The summed E-state index contributed by atoms with van der Waals surface area (Å²) in [5.41, 5.74) is 2.64. The van der Waals surface area contributed by atoms with Crippen molar-refractivity contribution < 1.29 is 13.9 Å². The Kier molecular flexibility index (Phi) is 3.88. The van der Waals surface area contributed by atoms with E-state index < -0.39 is 5.97 Å². The van der Waals surface area contributed by atoms with E-state index in [1.54, 1.807) is 16.8 Å². The third-order valence-corrected chi connectivity index (χ3v) is 3.11. The molecule has 0 saturated heterocycles. The Bertz CT molecular complexity index is 647. The lowest BCUT2D eigenvalue weighted by Crippen LogP contribution is -2.07. The van der Waals surface area contributed by atoms with Crippen LogP contribution in [0.4, 0.5) is 4.39 Å². The summed E-state index contributed by atoms with van der Waals surface area (Å²) in [6, 6.07) is 6.19. The first kappa shape index (κ1) is 14.2. The summed E-state index contributed by atoms with van der Waals surface area (Å²) >= 11 is 0. The molecule has 4 nitrogen and oxygen atoms in total. The number of nitrogens with zero attached hydrogens (tertiary/aromatic N) is 2. The fourth-order valence-corrected chi connectivity index (χ4v) is 2.06. The topological polar surface area (TPSA) is 44.1 Å². The zero-order chi connectivity index (χ0) is 14.9. The van der Waals surface area contributed by atoms with Crippen LogP contribution in [0, 0.1) is 12.7 Å². The van der Waals surface area contributed by atoms with Crippen LogP contribution < -0.4 is 0 Å². The van der Waals surface area contributed by atoms with Crippen LogP contribution in [0.15, 0.2) is 24.3 Å². The van der Waals surface area contributed by atoms with Crippen molar-refractivity contribution in [3.8, 4) is 5.69 Å². The molecule has 0 aliphatic carbocycles. The number of hydrogen-bond acceptors (Lipinski definition) is 3. The molecule has 0 bridgehead atoms. The Morgan fingerprint density at radius 2 is 2.05 bits per heavy atom. The van der Waals surface area contributed by atoms with Gasteiger partial charge < -0.3 is 4.74 Å². The molecule has 0 spiro atoms. The molecule has 1 aromatic carbocycles. The van der Waals surface area contributed by atoms with Crippen LogP contribution in [0.1, 0.15) is 41.5 Å². The van der Waals surface area contributed by atoms with Crippen LogP contribution in [-0.2, 0) is 4.74 Å². The van der Waals surface area contributed by atoms with E-state index in [0.29, 0.717) is 0 Å². The number of benzene rings is 1. The van der Waals surface area contributed by atoms with E-state index in [9.17, 15) is 9.18 Å². The van der Waals surface area contributed by atoms with E-state index in [-0.39, 0.29) is 17.4 Å². The van der Waals surface area contributed by atoms with Crippen LogP contribution in [0.5, 0.6) is 0 Å². The second kappa shape index (κ2) is 5.45. The number of aryl methyl sites for hydroxylation is 1. The highest BCUT2D eigenvalue weighted by Gasteiger charge is 2.18. The van der Waals surface area contributed by atoms with Gasteiger partial charge in [-0.1, -0.05) is 13.8 Å². The molecule has 0 aliphatic heterocycles. The molecule has 0 fully saturated rings. The predicted octanol–water partition coefficient (Wildman–Crippen LogP) is 3.23. The highest BCUT2D eigenvalue weighted by molar-refractivity contribution is 5.87. The fourth-order valence-electron chi connectivity index (χ4n) is 2.06.